The molecule has 0 amide bonds. The third-order valence-electron chi connectivity index (χ3n) is 2.91. The molecule has 0 saturated carbocycles. The molecule has 2 rings (SSSR count). The van der Waals surface area contributed by atoms with Crippen molar-refractivity contribution < 1.29 is 9.18 Å². The summed E-state index contributed by atoms with van der Waals surface area (Å²) in [7, 11) is 0. The first-order valence-corrected chi connectivity index (χ1v) is 7.10. The number of hydrogen-bond donors (Lipinski definition) is 0. The smallest absolute Gasteiger partial charge is 0.169 e. The molecule has 0 radical (unpaired) electrons. The van der Waals surface area contributed by atoms with E-state index in [9.17, 15) is 9.18 Å². The van der Waals surface area contributed by atoms with Crippen LogP contribution >= 0.6 is 15.9 Å². The predicted octanol–water partition coefficient (Wildman–Crippen LogP) is 3.67. The number of halogens is 2. The highest BCUT2D eigenvalue weighted by molar-refractivity contribution is 9.10. The monoisotopic (exact) mass is 336 g/mol. The third-order valence-corrected chi connectivity index (χ3v) is 3.37. The molecule has 1 heterocycles. The number of carbonyl (C=O) groups is 1. The lowest BCUT2D eigenvalue weighted by Gasteiger charge is -2.07. The van der Waals surface area contributed by atoms with E-state index < -0.39 is 0 Å². The SMILES string of the molecule is CCc1nnc(C)cc1C(=O)Cc1cc(F)cc(Br)c1. The van der Waals surface area contributed by atoms with Gasteiger partial charge in [-0.25, -0.2) is 4.39 Å². The number of Topliss-reactive ketones (excluding diaryl/α,β-unsaturated/α-hetero) is 1. The largest absolute Gasteiger partial charge is 0.294 e. The van der Waals surface area contributed by atoms with Crippen LogP contribution in [-0.2, 0) is 12.8 Å². The molecule has 3 nitrogen and oxygen atoms in total. The standard InChI is InChI=1S/C15H14BrFN2O/c1-3-14-13(4-9(2)18-19-14)15(20)7-10-5-11(16)8-12(17)6-10/h4-6,8H,3,7H2,1-2H3. The number of benzene rings is 1. The van der Waals surface area contributed by atoms with E-state index in [1.54, 1.807) is 19.1 Å². The maximum absolute atomic E-state index is 13.3. The molecule has 1 aromatic heterocycles. The Labute approximate surface area is 125 Å². The fourth-order valence-electron chi connectivity index (χ4n) is 2.01. The van der Waals surface area contributed by atoms with Crippen LogP contribution in [-0.4, -0.2) is 16.0 Å². The fraction of sp³-hybridized carbons (Fsp3) is 0.267. The first kappa shape index (κ1) is 14.8. The molecule has 104 valence electrons. The number of hydrogen-bond acceptors (Lipinski definition) is 3. The normalized spacial score (nSPS) is 10.6. The molecular weight excluding hydrogens is 323 g/mol. The average molecular weight is 337 g/mol. The quantitative estimate of drug-likeness (QED) is 0.800. The van der Waals surface area contributed by atoms with Crippen LogP contribution in [0.5, 0.6) is 0 Å². The molecule has 0 N–H and O–H groups in total. The third kappa shape index (κ3) is 3.48. The van der Waals surface area contributed by atoms with E-state index >= 15 is 0 Å². The number of aryl methyl sites for hydroxylation is 2. The summed E-state index contributed by atoms with van der Waals surface area (Å²) in [5.41, 5.74) is 2.58. The molecule has 0 aliphatic rings. The summed E-state index contributed by atoms with van der Waals surface area (Å²) < 4.78 is 14.0. The number of nitrogens with zero attached hydrogens (tertiary/aromatic N) is 2. The van der Waals surface area contributed by atoms with Gasteiger partial charge in [0.15, 0.2) is 5.78 Å². The van der Waals surface area contributed by atoms with Crippen molar-refractivity contribution in [2.24, 2.45) is 0 Å². The van der Waals surface area contributed by atoms with Crippen LogP contribution < -0.4 is 0 Å². The number of rotatable bonds is 4. The highest BCUT2D eigenvalue weighted by Gasteiger charge is 2.14. The number of aromatic nitrogens is 2. The first-order chi connectivity index (χ1) is 9.49. The molecule has 0 atom stereocenters. The maximum atomic E-state index is 13.3. The molecule has 0 spiro atoms. The Kier molecular flexibility index (Phi) is 4.60. The Hall–Kier alpha value is -1.62. The summed E-state index contributed by atoms with van der Waals surface area (Å²) in [6.07, 6.45) is 0.787. The van der Waals surface area contributed by atoms with Gasteiger partial charge in [0, 0.05) is 16.5 Å². The lowest BCUT2D eigenvalue weighted by atomic mass is 10.0. The second-order valence-electron chi connectivity index (χ2n) is 4.58. The van der Waals surface area contributed by atoms with Crippen LogP contribution in [0.15, 0.2) is 28.7 Å². The Bertz CT molecular complexity index is 638. The molecule has 2 aromatic rings. The van der Waals surface area contributed by atoms with Crippen molar-refractivity contribution in [3.63, 3.8) is 0 Å². The van der Waals surface area contributed by atoms with Gasteiger partial charge < -0.3 is 0 Å². The zero-order chi connectivity index (χ0) is 14.7. The topological polar surface area (TPSA) is 42.9 Å². The lowest BCUT2D eigenvalue weighted by Crippen LogP contribution is -2.10. The van der Waals surface area contributed by atoms with Crippen molar-refractivity contribution in [2.45, 2.75) is 26.7 Å². The molecule has 0 fully saturated rings. The molecule has 0 unspecified atom stereocenters. The fourth-order valence-corrected chi connectivity index (χ4v) is 2.52. The highest BCUT2D eigenvalue weighted by Crippen LogP contribution is 2.18. The predicted molar refractivity (Wildman–Crippen MR) is 78.3 cm³/mol. The molecule has 0 aliphatic heterocycles. The van der Waals surface area contributed by atoms with Crippen LogP contribution in [0.3, 0.4) is 0 Å². The Morgan fingerprint density at radius 1 is 1.25 bits per heavy atom. The van der Waals surface area contributed by atoms with Crippen molar-refractivity contribution in [3.05, 3.63) is 57.1 Å². The summed E-state index contributed by atoms with van der Waals surface area (Å²) in [5.74, 6) is -0.431. The van der Waals surface area contributed by atoms with Gasteiger partial charge >= 0.3 is 0 Å². The van der Waals surface area contributed by atoms with Crippen molar-refractivity contribution in [1.29, 1.82) is 0 Å². The van der Waals surface area contributed by atoms with E-state index in [-0.39, 0.29) is 18.0 Å². The zero-order valence-electron chi connectivity index (χ0n) is 11.3. The summed E-state index contributed by atoms with van der Waals surface area (Å²) in [6, 6.07) is 6.22. The van der Waals surface area contributed by atoms with E-state index in [0.717, 1.165) is 0 Å². The van der Waals surface area contributed by atoms with Gasteiger partial charge in [0.05, 0.1) is 11.4 Å². The summed E-state index contributed by atoms with van der Waals surface area (Å²) >= 11 is 3.23. The van der Waals surface area contributed by atoms with Gasteiger partial charge in [-0.05, 0) is 43.2 Å². The van der Waals surface area contributed by atoms with Gasteiger partial charge in [-0.2, -0.15) is 10.2 Å². The maximum Gasteiger partial charge on any atom is 0.169 e. The van der Waals surface area contributed by atoms with E-state index in [1.807, 2.05) is 6.92 Å². The van der Waals surface area contributed by atoms with Crippen molar-refractivity contribution >= 4 is 21.7 Å². The summed E-state index contributed by atoms with van der Waals surface area (Å²) in [6.45, 7) is 3.72. The van der Waals surface area contributed by atoms with Gasteiger partial charge in [-0.3, -0.25) is 4.79 Å². The first-order valence-electron chi connectivity index (χ1n) is 6.31. The van der Waals surface area contributed by atoms with Crippen LogP contribution in [0, 0.1) is 12.7 Å². The van der Waals surface area contributed by atoms with E-state index in [0.29, 0.717) is 33.4 Å². The Morgan fingerprint density at radius 3 is 2.65 bits per heavy atom. The van der Waals surface area contributed by atoms with Gasteiger partial charge in [-0.15, -0.1) is 0 Å². The lowest BCUT2D eigenvalue weighted by molar-refractivity contribution is 0.0991. The van der Waals surface area contributed by atoms with Crippen LogP contribution in [0.4, 0.5) is 4.39 Å². The van der Waals surface area contributed by atoms with Gasteiger partial charge in [-0.1, -0.05) is 22.9 Å². The molecule has 20 heavy (non-hydrogen) atoms. The Balaban J connectivity index is 2.30. The molecular formula is C15H14BrFN2O. The number of carbonyl (C=O) groups excluding carboxylic acids is 1. The van der Waals surface area contributed by atoms with Crippen LogP contribution in [0.2, 0.25) is 0 Å². The van der Waals surface area contributed by atoms with E-state index in [2.05, 4.69) is 26.1 Å². The van der Waals surface area contributed by atoms with Gasteiger partial charge in [0.2, 0.25) is 0 Å². The van der Waals surface area contributed by atoms with Gasteiger partial charge in [0.1, 0.15) is 5.82 Å². The molecule has 0 bridgehead atoms. The number of ketones is 1. The van der Waals surface area contributed by atoms with Crippen LogP contribution in [0.25, 0.3) is 0 Å². The molecule has 1 aromatic carbocycles. The minimum absolute atomic E-state index is 0.0719. The summed E-state index contributed by atoms with van der Waals surface area (Å²) in [4.78, 5) is 12.4. The Morgan fingerprint density at radius 2 is 2.00 bits per heavy atom. The molecule has 5 heteroatoms. The second kappa shape index (κ2) is 6.22. The van der Waals surface area contributed by atoms with E-state index in [1.165, 1.54) is 12.1 Å². The van der Waals surface area contributed by atoms with Gasteiger partial charge in [0.25, 0.3) is 0 Å². The van der Waals surface area contributed by atoms with Crippen molar-refractivity contribution in [3.8, 4) is 0 Å². The second-order valence-corrected chi connectivity index (χ2v) is 5.49. The van der Waals surface area contributed by atoms with Crippen molar-refractivity contribution in [1.82, 2.24) is 10.2 Å². The minimum Gasteiger partial charge on any atom is -0.294 e. The zero-order valence-corrected chi connectivity index (χ0v) is 12.9. The molecule has 0 aliphatic carbocycles. The molecule has 0 saturated heterocycles. The van der Waals surface area contributed by atoms with E-state index in [4.69, 9.17) is 0 Å². The highest BCUT2D eigenvalue weighted by atomic mass is 79.9. The minimum atomic E-state index is -0.359. The van der Waals surface area contributed by atoms with Crippen LogP contribution in [0.1, 0.15) is 34.2 Å². The van der Waals surface area contributed by atoms with Crippen molar-refractivity contribution in [2.75, 3.05) is 0 Å². The average Bonchev–Trinajstić information content (AvgIpc) is 2.37. The summed E-state index contributed by atoms with van der Waals surface area (Å²) in [5, 5.41) is 8.00.